The van der Waals surface area contributed by atoms with E-state index in [-0.39, 0.29) is 6.04 Å². The van der Waals surface area contributed by atoms with Crippen molar-refractivity contribution < 1.29 is 0 Å². The second-order valence-corrected chi connectivity index (χ2v) is 9.55. The van der Waals surface area contributed by atoms with Gasteiger partial charge in [0.05, 0.1) is 11.6 Å². The molecule has 0 radical (unpaired) electrons. The topological polar surface area (TPSA) is 58.4 Å². The Hall–Kier alpha value is -3.41. The molecule has 0 bridgehead atoms. The predicted octanol–water partition coefficient (Wildman–Crippen LogP) is 5.39. The van der Waals surface area contributed by atoms with E-state index in [1.54, 1.807) is 6.33 Å². The zero-order chi connectivity index (χ0) is 21.9. The Balaban J connectivity index is 1.46. The molecule has 0 amide bonds. The van der Waals surface area contributed by atoms with E-state index in [1.807, 2.05) is 18.2 Å². The quantitative estimate of drug-likeness (QED) is 0.465. The summed E-state index contributed by atoms with van der Waals surface area (Å²) in [5.74, 6) is 0.957. The third kappa shape index (κ3) is 2.89. The number of para-hydroxylation sites is 1. The highest BCUT2D eigenvalue weighted by Crippen LogP contribution is 2.49. The van der Waals surface area contributed by atoms with E-state index in [2.05, 4.69) is 69.5 Å². The maximum absolute atomic E-state index is 5.22. The molecule has 1 atom stereocenters. The van der Waals surface area contributed by atoms with Gasteiger partial charge in [0.2, 0.25) is 5.95 Å². The first-order valence-electron chi connectivity index (χ1n) is 11.4. The van der Waals surface area contributed by atoms with Gasteiger partial charge in [-0.2, -0.15) is 0 Å². The number of anilines is 2. The summed E-state index contributed by atoms with van der Waals surface area (Å²) in [4.78, 5) is 7.61. The molecular weight excluding hydrogens is 396 g/mol. The van der Waals surface area contributed by atoms with Crippen molar-refractivity contribution in [1.82, 2.24) is 19.6 Å². The number of nitrogens with zero attached hydrogens (tertiary/aromatic N) is 5. The monoisotopic (exact) mass is 424 g/mol. The van der Waals surface area contributed by atoms with E-state index in [0.29, 0.717) is 5.41 Å². The first kappa shape index (κ1) is 19.3. The predicted molar refractivity (Wildman–Crippen MR) is 130 cm³/mol. The summed E-state index contributed by atoms with van der Waals surface area (Å²) < 4.78 is 2.06. The molecule has 2 aromatic carbocycles. The molecule has 1 N–H and O–H groups in total. The van der Waals surface area contributed by atoms with Crippen molar-refractivity contribution >= 4 is 34.3 Å². The Morgan fingerprint density at radius 2 is 2.00 bits per heavy atom. The Morgan fingerprint density at radius 3 is 2.75 bits per heavy atom. The van der Waals surface area contributed by atoms with E-state index >= 15 is 0 Å². The Kier molecular flexibility index (Phi) is 4.25. The standard InChI is InChI=1S/C26H28N6/c1-4-19-8-5-6-9-22(19)28-18(3)20-12-17(2)13-21-23(20)29-25(32-16-27-30-24(21)32)31-14-26(15-31)10-7-11-26/h4-6,8-9,12-13,16,18,28H,1,7,10-11,14-15H2,2-3H3. The van der Waals surface area contributed by atoms with Crippen LogP contribution in [0.4, 0.5) is 11.6 Å². The lowest BCUT2D eigenvalue weighted by Crippen LogP contribution is -2.60. The SMILES string of the molecule is C=Cc1ccccc1NC(C)c1cc(C)cc2c1nc(N1CC3(CCC3)C1)n1cnnc21. The van der Waals surface area contributed by atoms with Gasteiger partial charge in [0.25, 0.3) is 0 Å². The van der Waals surface area contributed by atoms with Crippen LogP contribution in [0.1, 0.15) is 48.9 Å². The molecule has 162 valence electrons. The molecule has 4 aromatic rings. The van der Waals surface area contributed by atoms with Crippen LogP contribution in [0.15, 0.2) is 49.3 Å². The Bertz CT molecular complexity index is 1340. The van der Waals surface area contributed by atoms with Gasteiger partial charge in [-0.3, -0.25) is 4.40 Å². The number of hydrogen-bond donors (Lipinski definition) is 1. The molecule has 1 saturated carbocycles. The highest BCUT2D eigenvalue weighted by molar-refractivity contribution is 5.95. The highest BCUT2D eigenvalue weighted by atomic mass is 15.4. The summed E-state index contributed by atoms with van der Waals surface area (Å²) in [5, 5.41) is 13.4. The Morgan fingerprint density at radius 1 is 1.19 bits per heavy atom. The molecule has 2 aliphatic rings. The minimum atomic E-state index is 0.0681. The number of rotatable bonds is 5. The third-order valence-electron chi connectivity index (χ3n) is 7.27. The van der Waals surface area contributed by atoms with Gasteiger partial charge < -0.3 is 10.2 Å². The van der Waals surface area contributed by atoms with E-state index in [1.165, 1.54) is 30.4 Å². The number of hydrogen-bond acceptors (Lipinski definition) is 5. The first-order chi connectivity index (χ1) is 15.6. The van der Waals surface area contributed by atoms with Gasteiger partial charge in [0, 0.05) is 35.1 Å². The second-order valence-electron chi connectivity index (χ2n) is 9.55. The van der Waals surface area contributed by atoms with E-state index in [0.717, 1.165) is 46.8 Å². The minimum absolute atomic E-state index is 0.0681. The van der Waals surface area contributed by atoms with Gasteiger partial charge in [0.1, 0.15) is 6.33 Å². The van der Waals surface area contributed by atoms with Gasteiger partial charge in [0.15, 0.2) is 5.65 Å². The zero-order valence-electron chi connectivity index (χ0n) is 18.7. The normalized spacial score (nSPS) is 17.9. The second kappa shape index (κ2) is 7.05. The number of fused-ring (bicyclic) bond motifs is 3. The van der Waals surface area contributed by atoms with Crippen LogP contribution in [0.25, 0.3) is 22.6 Å². The maximum Gasteiger partial charge on any atom is 0.213 e. The lowest BCUT2D eigenvalue weighted by molar-refractivity contribution is 0.0886. The average Bonchev–Trinajstić information content (AvgIpc) is 3.22. The van der Waals surface area contributed by atoms with Gasteiger partial charge in [-0.05, 0) is 49.9 Å². The van der Waals surface area contributed by atoms with Gasteiger partial charge >= 0.3 is 0 Å². The van der Waals surface area contributed by atoms with Crippen LogP contribution >= 0.6 is 0 Å². The average molecular weight is 425 g/mol. The summed E-state index contributed by atoms with van der Waals surface area (Å²) in [6.45, 7) is 10.4. The molecule has 2 aromatic heterocycles. The minimum Gasteiger partial charge on any atom is -0.378 e. The lowest BCUT2D eigenvalue weighted by atomic mass is 9.64. The van der Waals surface area contributed by atoms with Gasteiger partial charge in [-0.1, -0.05) is 43.3 Å². The summed E-state index contributed by atoms with van der Waals surface area (Å²) in [6, 6.07) is 12.7. The number of aryl methyl sites for hydroxylation is 1. The molecule has 6 heteroatoms. The molecule has 1 unspecified atom stereocenters. The van der Waals surface area contributed by atoms with E-state index in [9.17, 15) is 0 Å². The molecule has 32 heavy (non-hydrogen) atoms. The summed E-state index contributed by atoms with van der Waals surface area (Å²) in [6.07, 6.45) is 7.74. The zero-order valence-corrected chi connectivity index (χ0v) is 18.7. The highest BCUT2D eigenvalue weighted by Gasteiger charge is 2.48. The fraction of sp³-hybridized carbons (Fsp3) is 0.346. The van der Waals surface area contributed by atoms with Crippen LogP contribution in [0, 0.1) is 12.3 Å². The first-order valence-corrected chi connectivity index (χ1v) is 11.4. The molecule has 1 saturated heterocycles. The molecule has 1 spiro atoms. The van der Waals surface area contributed by atoms with Crippen molar-refractivity contribution in [3.05, 3.63) is 66.0 Å². The van der Waals surface area contributed by atoms with Crippen LogP contribution in [0.3, 0.4) is 0 Å². The van der Waals surface area contributed by atoms with Crippen LogP contribution in [-0.2, 0) is 0 Å². The molecule has 2 fully saturated rings. The van der Waals surface area contributed by atoms with Gasteiger partial charge in [-0.15, -0.1) is 10.2 Å². The number of nitrogens with one attached hydrogen (secondary N) is 1. The fourth-order valence-electron chi connectivity index (χ4n) is 5.39. The molecular formula is C26H28N6. The van der Waals surface area contributed by atoms with E-state index < -0.39 is 0 Å². The van der Waals surface area contributed by atoms with Crippen LogP contribution in [-0.4, -0.2) is 32.7 Å². The van der Waals surface area contributed by atoms with Crippen molar-refractivity contribution in [3.8, 4) is 0 Å². The molecule has 6 nitrogen and oxygen atoms in total. The van der Waals surface area contributed by atoms with Crippen LogP contribution < -0.4 is 10.2 Å². The summed E-state index contributed by atoms with van der Waals surface area (Å²) in [7, 11) is 0. The number of aromatic nitrogens is 4. The molecule has 1 aliphatic heterocycles. The van der Waals surface area contributed by atoms with Crippen molar-refractivity contribution in [2.75, 3.05) is 23.3 Å². The van der Waals surface area contributed by atoms with Crippen molar-refractivity contribution in [2.45, 2.75) is 39.2 Å². The summed E-state index contributed by atoms with van der Waals surface area (Å²) >= 11 is 0. The van der Waals surface area contributed by atoms with Crippen LogP contribution in [0.5, 0.6) is 0 Å². The molecule has 6 rings (SSSR count). The lowest BCUT2D eigenvalue weighted by Gasteiger charge is -2.56. The third-order valence-corrected chi connectivity index (χ3v) is 7.27. The van der Waals surface area contributed by atoms with Crippen LogP contribution in [0.2, 0.25) is 0 Å². The van der Waals surface area contributed by atoms with Crippen molar-refractivity contribution in [2.24, 2.45) is 5.41 Å². The maximum atomic E-state index is 5.22. The fourth-order valence-corrected chi connectivity index (χ4v) is 5.39. The van der Waals surface area contributed by atoms with E-state index in [4.69, 9.17) is 4.98 Å². The number of benzene rings is 2. The van der Waals surface area contributed by atoms with Crippen molar-refractivity contribution in [1.29, 1.82) is 0 Å². The molecule has 3 heterocycles. The van der Waals surface area contributed by atoms with Crippen molar-refractivity contribution in [3.63, 3.8) is 0 Å². The largest absolute Gasteiger partial charge is 0.378 e. The molecule has 1 aliphatic carbocycles. The Labute approximate surface area is 188 Å². The van der Waals surface area contributed by atoms with Gasteiger partial charge in [-0.25, -0.2) is 4.98 Å². The summed E-state index contributed by atoms with van der Waals surface area (Å²) in [5.41, 5.74) is 6.93. The smallest absolute Gasteiger partial charge is 0.213 e.